The maximum atomic E-state index is 14.9. The minimum Gasteiger partial charge on any atom is -0.344 e. The first-order valence-electron chi connectivity index (χ1n) is 14.7. The van der Waals surface area contributed by atoms with E-state index in [-0.39, 0.29) is 11.6 Å². The first-order valence-corrected chi connectivity index (χ1v) is 15.4. The van der Waals surface area contributed by atoms with Gasteiger partial charge in [0.15, 0.2) is 11.9 Å². The van der Waals surface area contributed by atoms with Crippen LogP contribution in [0.15, 0.2) is 109 Å². The Morgan fingerprint density at radius 3 is 1.39 bits per heavy atom. The van der Waals surface area contributed by atoms with E-state index in [1.54, 1.807) is 72.0 Å². The zero-order valence-electron chi connectivity index (χ0n) is 24.9. The molecule has 2 N–H and O–H groups in total. The molecule has 8 nitrogen and oxygen atoms in total. The molecular weight excluding hydrogens is 619 g/mol. The summed E-state index contributed by atoms with van der Waals surface area (Å²) in [5.41, 5.74) is 5.10. The van der Waals surface area contributed by atoms with Gasteiger partial charge in [-0.3, -0.25) is 19.0 Å². The SMILES string of the molecule is Cn1nc(-c2ccccc2)c2c1NC(C(=O)c1ccc(Cl)cc1)Nc1c(c(-c3ccccc3)nn1C)C2C(=O)c1ccc(Cl)cc1. The number of ketones is 2. The predicted octanol–water partition coefficient (Wildman–Crippen LogP) is 7.86. The number of carbonyl (C=O) groups excluding carboxylic acids is 2. The molecule has 10 heteroatoms. The van der Waals surface area contributed by atoms with Crippen molar-refractivity contribution in [2.75, 3.05) is 10.6 Å². The molecule has 1 aliphatic rings. The van der Waals surface area contributed by atoms with Gasteiger partial charge in [-0.2, -0.15) is 10.2 Å². The van der Waals surface area contributed by atoms with Crippen molar-refractivity contribution in [3.63, 3.8) is 0 Å². The topological polar surface area (TPSA) is 93.8 Å². The van der Waals surface area contributed by atoms with Crippen LogP contribution in [0.4, 0.5) is 11.6 Å². The molecule has 7 rings (SSSR count). The maximum Gasteiger partial charge on any atom is 0.205 e. The molecule has 0 bridgehead atoms. The molecule has 228 valence electrons. The summed E-state index contributed by atoms with van der Waals surface area (Å²) in [6, 6.07) is 33.1. The predicted molar refractivity (Wildman–Crippen MR) is 182 cm³/mol. The summed E-state index contributed by atoms with van der Waals surface area (Å²) < 4.78 is 3.38. The quantitative estimate of drug-likeness (QED) is 0.179. The molecule has 0 radical (unpaired) electrons. The lowest BCUT2D eigenvalue weighted by atomic mass is 9.81. The maximum absolute atomic E-state index is 14.9. The fourth-order valence-electron chi connectivity index (χ4n) is 6.00. The number of halogens is 2. The molecule has 46 heavy (non-hydrogen) atoms. The zero-order valence-corrected chi connectivity index (χ0v) is 26.4. The van der Waals surface area contributed by atoms with Gasteiger partial charge in [0.05, 0.1) is 17.3 Å². The van der Waals surface area contributed by atoms with Gasteiger partial charge in [0.1, 0.15) is 11.6 Å². The van der Waals surface area contributed by atoms with E-state index in [1.807, 2.05) is 60.7 Å². The van der Waals surface area contributed by atoms with E-state index in [1.165, 1.54) is 0 Å². The number of fused-ring (bicyclic) bond motifs is 2. The Labute approximate surface area is 275 Å². The van der Waals surface area contributed by atoms with E-state index >= 15 is 0 Å². The summed E-state index contributed by atoms with van der Waals surface area (Å²) in [7, 11) is 3.60. The van der Waals surface area contributed by atoms with E-state index < -0.39 is 12.1 Å². The van der Waals surface area contributed by atoms with Crippen LogP contribution in [-0.4, -0.2) is 37.3 Å². The summed E-state index contributed by atoms with van der Waals surface area (Å²) in [6.07, 6.45) is -0.941. The lowest BCUT2D eigenvalue weighted by molar-refractivity contribution is 0.0972. The smallest absolute Gasteiger partial charge is 0.205 e. The molecule has 0 aliphatic carbocycles. The number of nitrogens with one attached hydrogen (secondary N) is 2. The van der Waals surface area contributed by atoms with Gasteiger partial charge in [-0.25, -0.2) is 0 Å². The summed E-state index contributed by atoms with van der Waals surface area (Å²) in [5.74, 6) is -0.203. The Balaban J connectivity index is 1.54. The van der Waals surface area contributed by atoms with Crippen molar-refractivity contribution in [1.29, 1.82) is 0 Å². The van der Waals surface area contributed by atoms with Crippen molar-refractivity contribution >= 4 is 46.4 Å². The first-order chi connectivity index (χ1) is 22.3. The molecule has 2 aromatic heterocycles. The molecule has 0 atom stereocenters. The highest BCUT2D eigenvalue weighted by Crippen LogP contribution is 2.47. The van der Waals surface area contributed by atoms with Crippen molar-refractivity contribution in [2.45, 2.75) is 12.1 Å². The average molecular weight is 648 g/mol. The summed E-state index contributed by atoms with van der Waals surface area (Å²) >= 11 is 12.4. The number of anilines is 2. The van der Waals surface area contributed by atoms with E-state index in [2.05, 4.69) is 10.6 Å². The van der Waals surface area contributed by atoms with E-state index in [0.717, 1.165) is 11.1 Å². The second-order valence-electron chi connectivity index (χ2n) is 11.1. The molecule has 0 spiro atoms. The van der Waals surface area contributed by atoms with Crippen LogP contribution in [0.5, 0.6) is 0 Å². The van der Waals surface area contributed by atoms with Crippen molar-refractivity contribution in [1.82, 2.24) is 19.6 Å². The zero-order chi connectivity index (χ0) is 31.9. The molecule has 0 unspecified atom stereocenters. The largest absolute Gasteiger partial charge is 0.344 e. The average Bonchev–Trinajstić information content (AvgIpc) is 3.56. The molecule has 3 heterocycles. The van der Waals surface area contributed by atoms with Crippen molar-refractivity contribution in [3.05, 3.63) is 141 Å². The van der Waals surface area contributed by atoms with Crippen molar-refractivity contribution < 1.29 is 9.59 Å². The van der Waals surface area contributed by atoms with Crippen LogP contribution in [0.2, 0.25) is 10.0 Å². The van der Waals surface area contributed by atoms with Crippen LogP contribution in [0.1, 0.15) is 37.8 Å². The first kappa shape index (κ1) is 29.5. The van der Waals surface area contributed by atoms with Crippen LogP contribution in [0, 0.1) is 0 Å². The van der Waals surface area contributed by atoms with Gasteiger partial charge in [-0.1, -0.05) is 83.9 Å². The van der Waals surface area contributed by atoms with Crippen LogP contribution >= 0.6 is 23.2 Å². The number of Topliss-reactive ketones (excluding diaryl/α,β-unsaturated/α-hetero) is 2. The van der Waals surface area contributed by atoms with Gasteiger partial charge in [0.2, 0.25) is 5.78 Å². The van der Waals surface area contributed by atoms with E-state index in [9.17, 15) is 9.59 Å². The number of hydrogen-bond donors (Lipinski definition) is 2. The minimum absolute atomic E-state index is 0.166. The third-order valence-corrected chi connectivity index (χ3v) is 8.69. The van der Waals surface area contributed by atoms with Crippen molar-refractivity contribution in [2.24, 2.45) is 14.1 Å². The normalized spacial score (nSPS) is 15.5. The highest BCUT2D eigenvalue weighted by atomic mass is 35.5. The number of nitrogens with zero attached hydrogens (tertiary/aromatic N) is 4. The Hall–Kier alpha value is -5.18. The molecule has 0 saturated heterocycles. The van der Waals surface area contributed by atoms with Gasteiger partial charge in [0, 0.05) is 57.5 Å². The summed E-state index contributed by atoms with van der Waals surface area (Å²) in [5, 5.41) is 17.8. The van der Waals surface area contributed by atoms with Crippen LogP contribution in [-0.2, 0) is 14.1 Å². The number of aromatic nitrogens is 4. The third kappa shape index (κ3) is 5.25. The third-order valence-electron chi connectivity index (χ3n) is 8.18. The van der Waals surface area contributed by atoms with Gasteiger partial charge in [-0.15, -0.1) is 0 Å². The number of rotatable bonds is 6. The van der Waals surface area contributed by atoms with Gasteiger partial charge in [0.25, 0.3) is 0 Å². The summed E-state index contributed by atoms with van der Waals surface area (Å²) in [6.45, 7) is 0. The fraction of sp³-hybridized carbons (Fsp3) is 0.111. The van der Waals surface area contributed by atoms with Crippen LogP contribution in [0.25, 0.3) is 22.5 Å². The van der Waals surface area contributed by atoms with Crippen LogP contribution in [0.3, 0.4) is 0 Å². The Morgan fingerprint density at radius 2 is 0.978 bits per heavy atom. The second kappa shape index (κ2) is 12.0. The molecule has 1 aliphatic heterocycles. The Kier molecular flexibility index (Phi) is 7.68. The molecule has 0 fully saturated rings. The number of benzene rings is 4. The number of carbonyl (C=O) groups is 2. The number of aryl methyl sites for hydroxylation is 2. The molecule has 0 amide bonds. The molecule has 0 saturated carbocycles. The van der Waals surface area contributed by atoms with Gasteiger partial charge in [-0.05, 0) is 48.5 Å². The monoisotopic (exact) mass is 646 g/mol. The lowest BCUT2D eigenvalue weighted by Gasteiger charge is -2.29. The van der Waals surface area contributed by atoms with E-state index in [0.29, 0.717) is 55.3 Å². The van der Waals surface area contributed by atoms with Gasteiger partial charge >= 0.3 is 0 Å². The lowest BCUT2D eigenvalue weighted by Crippen LogP contribution is -2.40. The second-order valence-corrected chi connectivity index (χ2v) is 12.0. The fourth-order valence-corrected chi connectivity index (χ4v) is 6.25. The van der Waals surface area contributed by atoms with E-state index in [4.69, 9.17) is 33.4 Å². The molecular formula is C36H28Cl2N6O2. The van der Waals surface area contributed by atoms with Crippen LogP contribution < -0.4 is 10.6 Å². The summed E-state index contributed by atoms with van der Waals surface area (Å²) in [4.78, 5) is 29.0. The Morgan fingerprint density at radius 1 is 0.587 bits per heavy atom. The molecule has 4 aromatic carbocycles. The highest BCUT2D eigenvalue weighted by molar-refractivity contribution is 6.31. The van der Waals surface area contributed by atoms with Gasteiger partial charge < -0.3 is 10.6 Å². The Bertz CT molecular complexity index is 1980. The highest BCUT2D eigenvalue weighted by Gasteiger charge is 2.41. The number of hydrogen-bond acceptors (Lipinski definition) is 6. The van der Waals surface area contributed by atoms with Crippen molar-refractivity contribution in [3.8, 4) is 22.5 Å². The standard InChI is InChI=1S/C36H28Cl2N6O2/c1-43-35-28(30(41-43)21-9-5-3-6-10-21)27(32(45)23-13-17-25(37)18-14-23)29-31(22-11-7-4-8-12-22)42-44(2)36(29)40-34(39-35)33(46)24-15-19-26(38)20-16-24/h3-20,27,34,39-40H,1-2H3. The molecule has 6 aromatic rings. The minimum atomic E-state index is -0.941.